The molecule has 0 bridgehead atoms. The topological polar surface area (TPSA) is 113 Å². The van der Waals surface area contributed by atoms with Gasteiger partial charge in [-0.05, 0) is 32.2 Å². The van der Waals surface area contributed by atoms with E-state index in [9.17, 15) is 9.18 Å². The van der Waals surface area contributed by atoms with Crippen molar-refractivity contribution in [1.82, 2.24) is 34.9 Å². The summed E-state index contributed by atoms with van der Waals surface area (Å²) in [6, 6.07) is 3.25. The summed E-state index contributed by atoms with van der Waals surface area (Å²) in [6.07, 6.45) is 5.45. The molecule has 1 N–H and O–H groups in total. The van der Waals surface area contributed by atoms with E-state index in [-0.39, 0.29) is 28.6 Å². The Labute approximate surface area is 234 Å². The van der Waals surface area contributed by atoms with Crippen LogP contribution in [0.1, 0.15) is 6.42 Å². The first kappa shape index (κ1) is 26.2. The maximum atomic E-state index is 14.6. The number of aromatic amines is 1. The number of likely N-dealkylation sites (tertiary alicyclic amines) is 1. The number of aromatic nitrogens is 5. The van der Waals surface area contributed by atoms with Crippen molar-refractivity contribution < 1.29 is 18.7 Å². The minimum Gasteiger partial charge on any atom is -0.463 e. The van der Waals surface area contributed by atoms with Crippen LogP contribution in [0.15, 0.2) is 37.2 Å². The molecule has 13 heteroatoms. The average molecular weight is 567 g/mol. The number of anilines is 1. The summed E-state index contributed by atoms with van der Waals surface area (Å²) >= 11 is 6.32. The molecule has 6 rings (SSSR count). The van der Waals surface area contributed by atoms with Crippen molar-refractivity contribution >= 4 is 45.1 Å². The van der Waals surface area contributed by atoms with Crippen molar-refractivity contribution in [2.45, 2.75) is 6.42 Å². The number of hydrogen-bond acceptors (Lipinski definition) is 9. The van der Waals surface area contributed by atoms with Crippen molar-refractivity contribution in [2.75, 3.05) is 57.8 Å². The Morgan fingerprint density at radius 2 is 2.08 bits per heavy atom. The number of piperazine rings is 1. The first-order valence-electron chi connectivity index (χ1n) is 13.0. The molecule has 40 heavy (non-hydrogen) atoms. The number of nitrogens with one attached hydrogen (secondary N) is 1. The molecule has 1 aromatic carbocycles. The lowest BCUT2D eigenvalue weighted by Gasteiger charge is -2.35. The Bertz CT molecular complexity index is 1590. The maximum Gasteiger partial charge on any atom is 0.319 e. The fourth-order valence-corrected chi connectivity index (χ4v) is 5.39. The van der Waals surface area contributed by atoms with Gasteiger partial charge in [0.2, 0.25) is 11.8 Å². The van der Waals surface area contributed by atoms with Crippen LogP contribution < -0.4 is 14.4 Å². The van der Waals surface area contributed by atoms with E-state index in [2.05, 4.69) is 43.6 Å². The van der Waals surface area contributed by atoms with Crippen molar-refractivity contribution in [3.63, 3.8) is 0 Å². The van der Waals surface area contributed by atoms with Gasteiger partial charge in [-0.2, -0.15) is 15.1 Å². The van der Waals surface area contributed by atoms with Crippen LogP contribution in [0.2, 0.25) is 5.02 Å². The standard InChI is InChI=1S/C27H28ClFN8O3/c1-3-21(38)36-8-10-37(11-9-36)25-17-4-6-30-26(40-24-18-13-31-34-20(18)12-19(29)22(24)28)23(17)32-27(33-25)39-15-16-5-7-35(2)14-16/h3-4,6,12-13,16H,1,5,7-11,14-15H2,2H3,(H,31,34)/t16-/m0/s1. The van der Waals surface area contributed by atoms with Crippen molar-refractivity contribution in [3.8, 4) is 17.6 Å². The normalized spacial score (nSPS) is 18.0. The summed E-state index contributed by atoms with van der Waals surface area (Å²) in [7, 11) is 2.09. The highest BCUT2D eigenvalue weighted by Crippen LogP contribution is 2.40. The monoisotopic (exact) mass is 566 g/mol. The van der Waals surface area contributed by atoms with Gasteiger partial charge in [0.05, 0.1) is 29.1 Å². The van der Waals surface area contributed by atoms with E-state index in [1.54, 1.807) is 17.2 Å². The number of ether oxygens (including phenoxy) is 2. The summed E-state index contributed by atoms with van der Waals surface area (Å²) in [4.78, 5) is 32.1. The molecule has 1 atom stereocenters. The van der Waals surface area contributed by atoms with Gasteiger partial charge in [-0.1, -0.05) is 18.2 Å². The highest BCUT2D eigenvalue weighted by Gasteiger charge is 2.26. The number of hydrogen-bond donors (Lipinski definition) is 1. The molecule has 3 aromatic heterocycles. The van der Waals surface area contributed by atoms with Gasteiger partial charge in [-0.25, -0.2) is 9.37 Å². The second-order valence-corrected chi connectivity index (χ2v) is 10.4. The third-order valence-electron chi connectivity index (χ3n) is 7.34. The lowest BCUT2D eigenvalue weighted by Crippen LogP contribution is -2.48. The van der Waals surface area contributed by atoms with Crippen LogP contribution in [0.3, 0.4) is 0 Å². The van der Waals surface area contributed by atoms with Gasteiger partial charge in [-0.15, -0.1) is 0 Å². The summed E-state index contributed by atoms with van der Waals surface area (Å²) < 4.78 is 26.9. The van der Waals surface area contributed by atoms with Crippen LogP contribution in [-0.4, -0.2) is 93.8 Å². The molecule has 2 aliphatic rings. The van der Waals surface area contributed by atoms with Crippen molar-refractivity contribution in [1.29, 1.82) is 0 Å². The number of rotatable bonds is 7. The summed E-state index contributed by atoms with van der Waals surface area (Å²) in [5, 5.41) is 7.72. The lowest BCUT2D eigenvalue weighted by molar-refractivity contribution is -0.126. The lowest BCUT2D eigenvalue weighted by atomic mass is 10.1. The van der Waals surface area contributed by atoms with Crippen LogP contribution in [0.4, 0.5) is 10.2 Å². The molecule has 0 radical (unpaired) electrons. The third-order valence-corrected chi connectivity index (χ3v) is 7.69. The molecule has 5 heterocycles. The minimum atomic E-state index is -0.651. The fraction of sp³-hybridized carbons (Fsp3) is 0.370. The van der Waals surface area contributed by atoms with Crippen LogP contribution in [-0.2, 0) is 4.79 Å². The van der Waals surface area contributed by atoms with Gasteiger partial charge in [0.25, 0.3) is 0 Å². The SMILES string of the molecule is C=CC(=O)N1CCN(c2nc(OC[C@H]3CCN(C)C3)nc3c(Oc4c(Cl)c(F)cc5[nH]ncc45)nccc23)CC1. The summed E-state index contributed by atoms with van der Waals surface area (Å²) in [6.45, 7) is 8.18. The number of nitrogens with zero attached hydrogens (tertiary/aromatic N) is 7. The molecule has 208 valence electrons. The van der Waals surface area contributed by atoms with Crippen LogP contribution in [0, 0.1) is 11.7 Å². The highest BCUT2D eigenvalue weighted by molar-refractivity contribution is 6.33. The zero-order chi connectivity index (χ0) is 27.8. The van der Waals surface area contributed by atoms with E-state index in [0.717, 1.165) is 19.5 Å². The second kappa shape index (κ2) is 10.9. The van der Waals surface area contributed by atoms with Gasteiger partial charge in [0.15, 0.2) is 5.75 Å². The van der Waals surface area contributed by atoms with Gasteiger partial charge in [-0.3, -0.25) is 9.89 Å². The molecule has 0 unspecified atom stereocenters. The van der Waals surface area contributed by atoms with E-state index < -0.39 is 5.82 Å². The van der Waals surface area contributed by atoms with E-state index >= 15 is 0 Å². The number of amides is 1. The number of benzene rings is 1. The van der Waals surface area contributed by atoms with E-state index in [1.807, 2.05) is 0 Å². The first-order valence-corrected chi connectivity index (χ1v) is 13.4. The van der Waals surface area contributed by atoms with E-state index in [0.29, 0.717) is 66.3 Å². The number of pyridine rings is 1. The first-order chi connectivity index (χ1) is 19.4. The third kappa shape index (κ3) is 5.00. The zero-order valence-electron chi connectivity index (χ0n) is 21.9. The Hall–Kier alpha value is -4.03. The Morgan fingerprint density at radius 1 is 1.25 bits per heavy atom. The number of carbonyl (C=O) groups excluding carboxylic acids is 1. The van der Waals surface area contributed by atoms with Crippen molar-refractivity contribution in [3.05, 3.63) is 48.0 Å². The van der Waals surface area contributed by atoms with Crippen LogP contribution in [0.25, 0.3) is 21.8 Å². The molecule has 4 aromatic rings. The number of halogens is 2. The zero-order valence-corrected chi connectivity index (χ0v) is 22.7. The smallest absolute Gasteiger partial charge is 0.319 e. The molecule has 1 amide bonds. The molecule has 0 spiro atoms. The number of carbonyl (C=O) groups is 1. The van der Waals surface area contributed by atoms with Gasteiger partial charge in [0.1, 0.15) is 22.2 Å². The highest BCUT2D eigenvalue weighted by atomic mass is 35.5. The molecule has 11 nitrogen and oxygen atoms in total. The minimum absolute atomic E-state index is 0.0820. The molecule has 2 saturated heterocycles. The molecule has 2 aliphatic heterocycles. The molecular weight excluding hydrogens is 539 g/mol. The Morgan fingerprint density at radius 3 is 2.83 bits per heavy atom. The maximum absolute atomic E-state index is 14.6. The number of H-pyrrole nitrogens is 1. The van der Waals surface area contributed by atoms with Crippen LogP contribution >= 0.6 is 11.6 Å². The summed E-state index contributed by atoms with van der Waals surface area (Å²) in [5.74, 6) is 0.462. The van der Waals surface area contributed by atoms with Gasteiger partial charge >= 0.3 is 6.01 Å². The number of fused-ring (bicyclic) bond motifs is 2. The van der Waals surface area contributed by atoms with Gasteiger partial charge < -0.3 is 24.2 Å². The molecule has 2 fully saturated rings. The Kier molecular flexibility index (Phi) is 7.11. The summed E-state index contributed by atoms with van der Waals surface area (Å²) in [5.41, 5.74) is 0.831. The largest absolute Gasteiger partial charge is 0.463 e. The van der Waals surface area contributed by atoms with E-state index in [1.165, 1.54) is 18.3 Å². The average Bonchev–Trinajstić information content (AvgIpc) is 3.62. The molecule has 0 saturated carbocycles. The van der Waals surface area contributed by atoms with E-state index in [4.69, 9.17) is 26.1 Å². The fourth-order valence-electron chi connectivity index (χ4n) is 5.20. The van der Waals surface area contributed by atoms with Crippen LogP contribution in [0.5, 0.6) is 17.6 Å². The second-order valence-electron chi connectivity index (χ2n) is 10.0. The molecule has 0 aliphatic carbocycles. The predicted octanol–water partition coefficient (Wildman–Crippen LogP) is 3.65. The molecular formula is C27H28ClFN8O3. The van der Waals surface area contributed by atoms with Gasteiger partial charge in [0, 0.05) is 50.9 Å². The quantitative estimate of drug-likeness (QED) is 0.335. The Balaban J connectivity index is 1.39. The predicted molar refractivity (Wildman–Crippen MR) is 149 cm³/mol. The van der Waals surface area contributed by atoms with Crippen molar-refractivity contribution in [2.24, 2.45) is 5.92 Å².